The minimum Gasteiger partial charge on any atom is -0.494 e. The summed E-state index contributed by atoms with van der Waals surface area (Å²) in [6.07, 6.45) is 6.82. The molecule has 0 radical (unpaired) electrons. The third kappa shape index (κ3) is 7.76. The van der Waals surface area contributed by atoms with Crippen LogP contribution >= 0.6 is 23.2 Å². The molecular formula is C31H29Cl2N3O5. The highest BCUT2D eigenvalue weighted by Crippen LogP contribution is 2.36. The topological polar surface area (TPSA) is 127 Å². The molecule has 0 heterocycles. The zero-order chi connectivity index (χ0) is 29.2. The van der Waals surface area contributed by atoms with E-state index in [9.17, 15) is 4.79 Å². The molecule has 41 heavy (non-hydrogen) atoms. The molecule has 1 aliphatic carbocycles. The lowest BCUT2D eigenvalue weighted by molar-refractivity contribution is -0.108. The van der Waals surface area contributed by atoms with Gasteiger partial charge in [-0.25, -0.2) is 0 Å². The second-order valence-corrected chi connectivity index (χ2v) is 9.87. The first-order chi connectivity index (χ1) is 19.9. The van der Waals surface area contributed by atoms with Crippen molar-refractivity contribution in [3.63, 3.8) is 0 Å². The van der Waals surface area contributed by atoms with Crippen molar-refractivity contribution in [2.24, 2.45) is 10.9 Å². The van der Waals surface area contributed by atoms with Crippen LogP contribution in [0.25, 0.3) is 11.1 Å². The number of halogens is 2. The number of hydrogen-bond acceptors (Lipinski definition) is 8. The van der Waals surface area contributed by atoms with Crippen LogP contribution in [0.2, 0.25) is 10.0 Å². The number of carbonyl (C=O) groups excluding carboxylic acids is 1. The smallest absolute Gasteiger partial charge is 0.142 e. The van der Waals surface area contributed by atoms with Gasteiger partial charge in [-0.2, -0.15) is 0 Å². The molecule has 0 fully saturated rings. The number of benzene rings is 3. The molecule has 0 amide bonds. The summed E-state index contributed by atoms with van der Waals surface area (Å²) >= 11 is 13.3. The van der Waals surface area contributed by atoms with E-state index in [0.717, 1.165) is 28.5 Å². The van der Waals surface area contributed by atoms with Crippen LogP contribution in [-0.2, 0) is 17.9 Å². The van der Waals surface area contributed by atoms with Crippen LogP contribution in [-0.4, -0.2) is 36.1 Å². The fraction of sp³-hybridized carbons (Fsp3) is 0.194. The highest BCUT2D eigenvalue weighted by molar-refractivity contribution is 6.50. The molecule has 0 atom stereocenters. The second kappa shape index (κ2) is 14.5. The first-order valence-corrected chi connectivity index (χ1v) is 13.6. The first-order valence-electron chi connectivity index (χ1n) is 12.9. The summed E-state index contributed by atoms with van der Waals surface area (Å²) in [6, 6.07) is 16.7. The van der Waals surface area contributed by atoms with Crippen molar-refractivity contribution < 1.29 is 24.2 Å². The van der Waals surface area contributed by atoms with Crippen molar-refractivity contribution in [3.05, 3.63) is 99.6 Å². The van der Waals surface area contributed by atoms with Crippen molar-refractivity contribution in [2.45, 2.75) is 26.0 Å². The summed E-state index contributed by atoms with van der Waals surface area (Å²) < 4.78 is 17.8. The highest BCUT2D eigenvalue weighted by atomic mass is 35.5. The summed E-state index contributed by atoms with van der Waals surface area (Å²) in [5, 5.41) is 20.8. The number of carbonyl (C=O) groups is 1. The summed E-state index contributed by atoms with van der Waals surface area (Å²) in [7, 11) is 0. The van der Waals surface area contributed by atoms with E-state index >= 15 is 0 Å². The number of nitrogens with two attached hydrogens (primary N) is 1. The molecule has 0 saturated carbocycles. The Balaban J connectivity index is 1.47. The van der Waals surface area contributed by atoms with E-state index < -0.39 is 0 Å². The van der Waals surface area contributed by atoms with Gasteiger partial charge < -0.3 is 29.9 Å². The number of nitrogens with zero attached hydrogens (tertiary/aromatic N) is 1. The Hall–Kier alpha value is -4.11. The molecule has 0 aliphatic heterocycles. The zero-order valence-corrected chi connectivity index (χ0v) is 23.6. The second-order valence-electron chi connectivity index (χ2n) is 9.09. The van der Waals surface area contributed by atoms with Gasteiger partial charge in [0.2, 0.25) is 0 Å². The van der Waals surface area contributed by atoms with Crippen LogP contribution in [0.1, 0.15) is 24.0 Å². The van der Waals surface area contributed by atoms with E-state index in [-0.39, 0.29) is 31.2 Å². The standard InChI is InChI=1S/C31H29Cl2N3O5/c32-26-15-23(17-34)29(40-18-20-9-10-28(36-38)27(35)13-20)16-30(26)41-19-22-6-4-8-25(31(22)33)21-5-3-7-24(14-21)39-12-2-1-11-37/h3-11,13-16,35,38H,1-2,12,17-19,34H2/b35-27?,36-28-. The van der Waals surface area contributed by atoms with Crippen molar-refractivity contribution in [1.82, 2.24) is 0 Å². The van der Waals surface area contributed by atoms with Crippen LogP contribution < -0.4 is 19.9 Å². The molecule has 10 heteroatoms. The average Bonchev–Trinajstić information content (AvgIpc) is 2.98. The molecule has 0 aromatic heterocycles. The van der Waals surface area contributed by atoms with Crippen LogP contribution in [0.3, 0.4) is 0 Å². The SMILES string of the molecule is N=C1C=C(COc2cc(OCc3cccc(-c4cccc(OCCCC=O)c4)c3Cl)c(Cl)cc2CN)C=C/C1=N/O. The average molecular weight is 594 g/mol. The van der Waals surface area contributed by atoms with Gasteiger partial charge in [0.1, 0.15) is 42.5 Å². The molecule has 0 saturated heterocycles. The van der Waals surface area contributed by atoms with E-state index in [0.29, 0.717) is 52.3 Å². The molecule has 0 spiro atoms. The summed E-state index contributed by atoms with van der Waals surface area (Å²) in [5.74, 6) is 1.60. The minimum atomic E-state index is 0.0840. The molecule has 4 N–H and O–H groups in total. The predicted molar refractivity (Wildman–Crippen MR) is 161 cm³/mol. The lowest BCUT2D eigenvalue weighted by atomic mass is 10.0. The first kappa shape index (κ1) is 29.9. The maximum Gasteiger partial charge on any atom is 0.142 e. The van der Waals surface area contributed by atoms with Crippen LogP contribution in [0.4, 0.5) is 0 Å². The van der Waals surface area contributed by atoms with E-state index in [1.165, 1.54) is 0 Å². The minimum absolute atomic E-state index is 0.0840. The summed E-state index contributed by atoms with van der Waals surface area (Å²) in [5.41, 5.74) is 10.1. The van der Waals surface area contributed by atoms with Crippen LogP contribution in [0.15, 0.2) is 83.6 Å². The molecule has 4 rings (SSSR count). The van der Waals surface area contributed by atoms with Gasteiger partial charge in [-0.3, -0.25) is 5.41 Å². The highest BCUT2D eigenvalue weighted by Gasteiger charge is 2.15. The lowest BCUT2D eigenvalue weighted by Crippen LogP contribution is -2.14. The van der Waals surface area contributed by atoms with Crippen molar-refractivity contribution >= 4 is 40.9 Å². The molecule has 1 aliphatic rings. The van der Waals surface area contributed by atoms with Crippen LogP contribution in [0, 0.1) is 5.41 Å². The molecule has 0 unspecified atom stereocenters. The number of unbranched alkanes of at least 4 members (excludes halogenated alkanes) is 1. The zero-order valence-electron chi connectivity index (χ0n) is 22.1. The maximum absolute atomic E-state index is 10.5. The summed E-state index contributed by atoms with van der Waals surface area (Å²) in [4.78, 5) is 10.5. The van der Waals surface area contributed by atoms with Gasteiger partial charge in [-0.1, -0.05) is 64.8 Å². The van der Waals surface area contributed by atoms with Gasteiger partial charge in [-0.15, -0.1) is 0 Å². The number of aldehydes is 1. The number of hydrogen-bond donors (Lipinski definition) is 3. The molecule has 0 bridgehead atoms. The number of allylic oxidation sites excluding steroid dienone is 2. The van der Waals surface area contributed by atoms with E-state index in [1.54, 1.807) is 30.4 Å². The predicted octanol–water partition coefficient (Wildman–Crippen LogP) is 6.78. The Bertz CT molecular complexity index is 1520. The number of oxime groups is 1. The largest absolute Gasteiger partial charge is 0.494 e. The number of nitrogens with one attached hydrogen (secondary N) is 1. The number of rotatable bonds is 13. The molecule has 212 valence electrons. The van der Waals surface area contributed by atoms with Gasteiger partial charge in [0.15, 0.2) is 0 Å². The van der Waals surface area contributed by atoms with Crippen molar-refractivity contribution in [3.8, 4) is 28.4 Å². The molecule has 8 nitrogen and oxygen atoms in total. The van der Waals surface area contributed by atoms with Crippen molar-refractivity contribution in [1.29, 1.82) is 5.41 Å². The fourth-order valence-electron chi connectivity index (χ4n) is 4.08. The van der Waals surface area contributed by atoms with Gasteiger partial charge in [0.05, 0.1) is 22.4 Å². The van der Waals surface area contributed by atoms with E-state index in [1.807, 2.05) is 42.5 Å². The monoisotopic (exact) mass is 593 g/mol. The van der Waals surface area contributed by atoms with Gasteiger partial charge in [0.25, 0.3) is 0 Å². The fourth-order valence-corrected chi connectivity index (χ4v) is 4.61. The Morgan fingerprint density at radius 1 is 0.951 bits per heavy atom. The maximum atomic E-state index is 10.5. The molecular weight excluding hydrogens is 565 g/mol. The van der Waals surface area contributed by atoms with Crippen LogP contribution in [0.5, 0.6) is 17.2 Å². The molecule has 3 aromatic rings. The van der Waals surface area contributed by atoms with Crippen molar-refractivity contribution in [2.75, 3.05) is 13.2 Å². The summed E-state index contributed by atoms with van der Waals surface area (Å²) in [6.45, 7) is 0.981. The lowest BCUT2D eigenvalue weighted by Gasteiger charge is -2.17. The Labute approximate surface area is 248 Å². The Morgan fingerprint density at radius 2 is 1.76 bits per heavy atom. The Morgan fingerprint density at radius 3 is 2.51 bits per heavy atom. The third-order valence-electron chi connectivity index (χ3n) is 6.24. The quantitative estimate of drug-likeness (QED) is 0.0658. The van der Waals surface area contributed by atoms with Gasteiger partial charge >= 0.3 is 0 Å². The number of ether oxygens (including phenoxy) is 3. The van der Waals surface area contributed by atoms with E-state index in [4.69, 9.17) is 53.8 Å². The van der Waals surface area contributed by atoms with E-state index in [2.05, 4.69) is 5.16 Å². The Kier molecular flexibility index (Phi) is 10.6. The van der Waals surface area contributed by atoms with Gasteiger partial charge in [-0.05, 0) is 47.9 Å². The van der Waals surface area contributed by atoms with Gasteiger partial charge in [0, 0.05) is 35.7 Å². The third-order valence-corrected chi connectivity index (χ3v) is 6.98. The molecule has 3 aromatic carbocycles. The normalized spacial score (nSPS) is 13.7.